The van der Waals surface area contributed by atoms with Crippen molar-refractivity contribution < 1.29 is 4.57 Å². The second-order valence-corrected chi connectivity index (χ2v) is 5.40. The third-order valence-corrected chi connectivity index (χ3v) is 3.91. The van der Waals surface area contributed by atoms with Crippen LogP contribution in [0.15, 0.2) is 42.5 Å². The van der Waals surface area contributed by atoms with E-state index in [0.717, 1.165) is 11.3 Å². The van der Waals surface area contributed by atoms with Gasteiger partial charge in [0, 0.05) is 12.5 Å². The van der Waals surface area contributed by atoms with E-state index >= 15 is 0 Å². The van der Waals surface area contributed by atoms with Crippen molar-refractivity contribution in [3.63, 3.8) is 0 Å². The van der Waals surface area contributed by atoms with Crippen LogP contribution in [0.3, 0.4) is 0 Å². The summed E-state index contributed by atoms with van der Waals surface area (Å²) in [5, 5.41) is 1.21. The summed E-state index contributed by atoms with van der Waals surface area (Å²) in [5.74, 6) is 1.03. The molecule has 3 rings (SSSR count). The highest BCUT2D eigenvalue weighted by atomic mass is 15.0. The van der Waals surface area contributed by atoms with Crippen molar-refractivity contribution in [3.8, 4) is 11.3 Å². The molecule has 0 aliphatic carbocycles. The maximum absolute atomic E-state index is 4.71. The second-order valence-electron chi connectivity index (χ2n) is 5.40. The Kier molecular flexibility index (Phi) is 3.01. The fourth-order valence-corrected chi connectivity index (χ4v) is 2.69. The summed E-state index contributed by atoms with van der Waals surface area (Å²) < 4.78 is 2.18. The third-order valence-electron chi connectivity index (χ3n) is 3.91. The molecule has 0 amide bonds. The first-order valence-corrected chi connectivity index (χ1v) is 6.91. The van der Waals surface area contributed by atoms with Crippen molar-refractivity contribution in [2.75, 3.05) is 0 Å². The van der Waals surface area contributed by atoms with Crippen LogP contribution in [0.25, 0.3) is 22.2 Å². The predicted octanol–water partition coefficient (Wildman–Crippen LogP) is 3.65. The normalized spacial score (nSPS) is 11.0. The molecule has 20 heavy (non-hydrogen) atoms. The molecule has 0 atom stereocenters. The van der Waals surface area contributed by atoms with Crippen LogP contribution in [0.2, 0.25) is 0 Å². The standard InChI is InChI=1S/C18H19N2/c1-12-9-10-16-17(11-12)19-14(3)20(4)18(16)15-8-6-5-7-13(15)2/h5-11H,1-4H3/q+1. The Morgan fingerprint density at radius 3 is 2.45 bits per heavy atom. The lowest BCUT2D eigenvalue weighted by atomic mass is 10.0. The summed E-state index contributed by atoms with van der Waals surface area (Å²) in [5.41, 5.74) is 6.11. The van der Waals surface area contributed by atoms with Crippen molar-refractivity contribution >= 4 is 10.9 Å². The van der Waals surface area contributed by atoms with Crippen LogP contribution in [0.5, 0.6) is 0 Å². The van der Waals surface area contributed by atoms with E-state index in [1.165, 1.54) is 27.8 Å². The first kappa shape index (κ1) is 12.8. The molecule has 2 heteroatoms. The molecule has 0 N–H and O–H groups in total. The molecule has 0 unspecified atom stereocenters. The number of fused-ring (bicyclic) bond motifs is 1. The third kappa shape index (κ3) is 1.97. The Bertz CT molecular complexity index is 804. The molecule has 0 fully saturated rings. The van der Waals surface area contributed by atoms with Gasteiger partial charge >= 0.3 is 0 Å². The zero-order valence-electron chi connectivity index (χ0n) is 12.4. The summed E-state index contributed by atoms with van der Waals surface area (Å²) in [6.07, 6.45) is 0. The van der Waals surface area contributed by atoms with Crippen molar-refractivity contribution in [2.24, 2.45) is 7.05 Å². The fraction of sp³-hybridized carbons (Fsp3) is 0.222. The van der Waals surface area contributed by atoms with E-state index in [1.54, 1.807) is 0 Å². The van der Waals surface area contributed by atoms with Crippen LogP contribution in [0.4, 0.5) is 0 Å². The lowest BCUT2D eigenvalue weighted by Crippen LogP contribution is -2.36. The zero-order valence-corrected chi connectivity index (χ0v) is 12.4. The topological polar surface area (TPSA) is 16.8 Å². The minimum atomic E-state index is 1.03. The molecule has 0 bridgehead atoms. The molecule has 0 aliphatic heterocycles. The van der Waals surface area contributed by atoms with Gasteiger partial charge in [-0.1, -0.05) is 30.3 Å². The first-order valence-electron chi connectivity index (χ1n) is 6.91. The van der Waals surface area contributed by atoms with Crippen molar-refractivity contribution in [1.82, 2.24) is 4.98 Å². The summed E-state index contributed by atoms with van der Waals surface area (Å²) in [7, 11) is 2.09. The van der Waals surface area contributed by atoms with Gasteiger partial charge in [0.1, 0.15) is 5.69 Å². The summed E-state index contributed by atoms with van der Waals surface area (Å²) >= 11 is 0. The molecule has 100 valence electrons. The second kappa shape index (κ2) is 4.71. The van der Waals surface area contributed by atoms with Gasteiger partial charge in [0.25, 0.3) is 5.82 Å². The van der Waals surface area contributed by atoms with Gasteiger partial charge in [-0.2, -0.15) is 0 Å². The minimum Gasteiger partial charge on any atom is -0.230 e. The lowest BCUT2D eigenvalue weighted by molar-refractivity contribution is -0.668. The molecular weight excluding hydrogens is 244 g/mol. The SMILES string of the molecule is Cc1ccc2c(-c3ccccc3C)[n+](C)c(C)nc2c1. The van der Waals surface area contributed by atoms with E-state index in [1.807, 2.05) is 0 Å². The summed E-state index contributed by atoms with van der Waals surface area (Å²) in [6.45, 7) is 6.32. The van der Waals surface area contributed by atoms with Gasteiger partial charge in [-0.15, -0.1) is 0 Å². The summed E-state index contributed by atoms with van der Waals surface area (Å²) in [4.78, 5) is 4.71. The van der Waals surface area contributed by atoms with Crippen molar-refractivity contribution in [2.45, 2.75) is 20.8 Å². The lowest BCUT2D eigenvalue weighted by Gasteiger charge is -2.10. The monoisotopic (exact) mass is 263 g/mol. The first-order chi connectivity index (χ1) is 9.58. The molecule has 0 saturated heterocycles. The Morgan fingerprint density at radius 1 is 0.950 bits per heavy atom. The molecule has 2 nitrogen and oxygen atoms in total. The molecule has 0 aliphatic rings. The highest BCUT2D eigenvalue weighted by Crippen LogP contribution is 2.27. The smallest absolute Gasteiger partial charge is 0.230 e. The molecule has 0 saturated carbocycles. The number of rotatable bonds is 1. The Hall–Kier alpha value is -2.22. The molecule has 0 spiro atoms. The van der Waals surface area contributed by atoms with Crippen LogP contribution in [-0.4, -0.2) is 4.98 Å². The number of aryl methyl sites for hydroxylation is 3. The van der Waals surface area contributed by atoms with E-state index in [0.29, 0.717) is 0 Å². The van der Waals surface area contributed by atoms with Gasteiger partial charge in [0.15, 0.2) is 5.52 Å². The van der Waals surface area contributed by atoms with E-state index < -0.39 is 0 Å². The van der Waals surface area contributed by atoms with Crippen LogP contribution in [0, 0.1) is 20.8 Å². The van der Waals surface area contributed by atoms with Gasteiger partial charge in [-0.3, -0.25) is 0 Å². The fourth-order valence-electron chi connectivity index (χ4n) is 2.69. The molecule has 2 aromatic carbocycles. The number of nitrogens with zero attached hydrogens (tertiary/aromatic N) is 2. The Morgan fingerprint density at radius 2 is 1.70 bits per heavy atom. The maximum atomic E-state index is 4.71. The zero-order chi connectivity index (χ0) is 14.3. The van der Waals surface area contributed by atoms with Crippen molar-refractivity contribution in [3.05, 3.63) is 59.4 Å². The van der Waals surface area contributed by atoms with E-state index in [2.05, 4.69) is 74.9 Å². The van der Waals surface area contributed by atoms with Gasteiger partial charge < -0.3 is 0 Å². The maximum Gasteiger partial charge on any atom is 0.296 e. The van der Waals surface area contributed by atoms with Crippen LogP contribution >= 0.6 is 0 Å². The van der Waals surface area contributed by atoms with Crippen LogP contribution < -0.4 is 4.57 Å². The van der Waals surface area contributed by atoms with E-state index in [-0.39, 0.29) is 0 Å². The van der Waals surface area contributed by atoms with Crippen LogP contribution in [0.1, 0.15) is 17.0 Å². The average molecular weight is 263 g/mol. The molecule has 0 radical (unpaired) electrons. The minimum absolute atomic E-state index is 1.03. The number of aromatic nitrogens is 2. The summed E-state index contributed by atoms with van der Waals surface area (Å²) in [6, 6.07) is 15.0. The van der Waals surface area contributed by atoms with Gasteiger partial charge in [-0.05, 0) is 42.1 Å². The number of hydrogen-bond donors (Lipinski definition) is 0. The molecule has 1 aromatic heterocycles. The highest BCUT2D eigenvalue weighted by molar-refractivity contribution is 5.91. The molecule has 1 heterocycles. The van der Waals surface area contributed by atoms with Gasteiger partial charge in [0.2, 0.25) is 0 Å². The Balaban J connectivity index is 2.45. The quantitative estimate of drug-likeness (QED) is 0.612. The highest BCUT2D eigenvalue weighted by Gasteiger charge is 2.19. The molecule has 3 aromatic rings. The van der Waals surface area contributed by atoms with E-state index in [9.17, 15) is 0 Å². The predicted molar refractivity (Wildman–Crippen MR) is 82.6 cm³/mol. The number of hydrogen-bond acceptors (Lipinski definition) is 1. The Labute approximate surface area is 119 Å². The number of benzene rings is 2. The molecular formula is C18H19N2+. The van der Waals surface area contributed by atoms with Gasteiger partial charge in [0.05, 0.1) is 12.4 Å². The van der Waals surface area contributed by atoms with E-state index in [4.69, 9.17) is 4.98 Å². The average Bonchev–Trinajstić information content (AvgIpc) is 2.42. The van der Waals surface area contributed by atoms with Crippen LogP contribution in [-0.2, 0) is 7.05 Å². The van der Waals surface area contributed by atoms with Gasteiger partial charge in [-0.25, -0.2) is 4.57 Å². The largest absolute Gasteiger partial charge is 0.296 e. The van der Waals surface area contributed by atoms with Crippen molar-refractivity contribution in [1.29, 1.82) is 0 Å².